The molecule has 0 saturated heterocycles. The van der Waals surface area contributed by atoms with Crippen LogP contribution < -0.4 is 11.3 Å². The van der Waals surface area contributed by atoms with E-state index in [1.54, 1.807) is 6.07 Å². The fraction of sp³-hybridized carbons (Fsp3) is 0.278. The molecule has 1 aromatic carbocycles. The molecule has 0 amide bonds. The Morgan fingerprint density at radius 1 is 1.28 bits per heavy atom. The molecule has 0 aliphatic heterocycles. The summed E-state index contributed by atoms with van der Waals surface area (Å²) < 4.78 is 19.3. The quantitative estimate of drug-likeness (QED) is 0.868. The van der Waals surface area contributed by atoms with E-state index in [1.165, 1.54) is 18.2 Å². The summed E-state index contributed by atoms with van der Waals surface area (Å²) in [7, 11) is 0. The number of nitrogens with zero attached hydrogens (tertiary/aromatic N) is 2. The molecule has 1 heterocycles. The molecule has 25 heavy (non-hydrogen) atoms. The van der Waals surface area contributed by atoms with Crippen LogP contribution >= 0.6 is 0 Å². The molecule has 1 aliphatic carbocycles. The summed E-state index contributed by atoms with van der Waals surface area (Å²) in [4.78, 5) is 14.3. The molecule has 126 valence electrons. The van der Waals surface area contributed by atoms with E-state index in [0.717, 1.165) is 12.8 Å². The maximum Gasteiger partial charge on any atom is 0.268 e. The number of anilines is 1. The maximum atomic E-state index is 13.7. The number of nitriles is 2. The average Bonchev–Trinajstić information content (AvgIpc) is 3.39. The summed E-state index contributed by atoms with van der Waals surface area (Å²) in [5.74, 6) is -0.0594. The lowest BCUT2D eigenvalue weighted by Gasteiger charge is -2.14. The number of hydrogen-bond acceptors (Lipinski definition) is 5. The van der Waals surface area contributed by atoms with Gasteiger partial charge >= 0.3 is 0 Å². The number of ether oxygens (including phenoxy) is 1. The van der Waals surface area contributed by atoms with E-state index in [-0.39, 0.29) is 29.1 Å². The van der Waals surface area contributed by atoms with Gasteiger partial charge in [-0.2, -0.15) is 10.5 Å². The van der Waals surface area contributed by atoms with Crippen molar-refractivity contribution >= 4 is 5.82 Å². The number of aromatic nitrogens is 1. The molecule has 7 heteroatoms. The molecular weight excluding hydrogens is 323 g/mol. The molecule has 1 aromatic heterocycles. The molecule has 0 unspecified atom stereocenters. The lowest BCUT2D eigenvalue weighted by molar-refractivity contribution is 0.111. The first-order valence-electron chi connectivity index (χ1n) is 7.77. The molecule has 2 aromatic rings. The standard InChI is InChI=1S/C18H15FN4O2/c19-12-3-4-13(11(5-12)9-25-8-10-1-2-10)16-14(6-20)17(22)23-18(24)15(16)7-21/h3-5,10H,1-2,8-9H2,(H3,22,23,24). The van der Waals surface area contributed by atoms with E-state index < -0.39 is 11.4 Å². The molecule has 3 N–H and O–H groups in total. The topological polar surface area (TPSA) is 116 Å². The molecule has 0 bridgehead atoms. The maximum absolute atomic E-state index is 13.7. The highest BCUT2D eigenvalue weighted by atomic mass is 19.1. The number of halogens is 1. The van der Waals surface area contributed by atoms with Crippen LogP contribution in [0.4, 0.5) is 10.2 Å². The van der Waals surface area contributed by atoms with Crippen LogP contribution in [0.15, 0.2) is 23.0 Å². The first-order valence-corrected chi connectivity index (χ1v) is 7.77. The van der Waals surface area contributed by atoms with Gasteiger partial charge < -0.3 is 15.5 Å². The number of nitrogens with two attached hydrogens (primary N) is 1. The highest BCUT2D eigenvalue weighted by molar-refractivity contribution is 5.81. The van der Waals surface area contributed by atoms with E-state index in [2.05, 4.69) is 4.98 Å². The van der Waals surface area contributed by atoms with Crippen LogP contribution in [0.1, 0.15) is 29.5 Å². The van der Waals surface area contributed by atoms with E-state index >= 15 is 0 Å². The van der Waals surface area contributed by atoms with Crippen LogP contribution in [0, 0.1) is 34.4 Å². The monoisotopic (exact) mass is 338 g/mol. The minimum atomic E-state index is -0.692. The fourth-order valence-electron chi connectivity index (χ4n) is 2.66. The van der Waals surface area contributed by atoms with Crippen molar-refractivity contribution in [3.05, 3.63) is 51.1 Å². The Hall–Kier alpha value is -3.16. The Kier molecular flexibility index (Phi) is 4.51. The van der Waals surface area contributed by atoms with Gasteiger partial charge in [0.15, 0.2) is 0 Å². The smallest absolute Gasteiger partial charge is 0.268 e. The second kappa shape index (κ2) is 6.76. The molecule has 6 nitrogen and oxygen atoms in total. The second-order valence-electron chi connectivity index (χ2n) is 5.98. The van der Waals surface area contributed by atoms with Gasteiger partial charge in [-0.1, -0.05) is 6.07 Å². The minimum absolute atomic E-state index is 0.0220. The van der Waals surface area contributed by atoms with E-state index in [4.69, 9.17) is 10.5 Å². The van der Waals surface area contributed by atoms with Gasteiger partial charge in [0, 0.05) is 12.2 Å². The highest BCUT2D eigenvalue weighted by Crippen LogP contribution is 2.33. The van der Waals surface area contributed by atoms with Gasteiger partial charge in [-0.05, 0) is 42.0 Å². The Morgan fingerprint density at radius 2 is 2.00 bits per heavy atom. The zero-order valence-corrected chi connectivity index (χ0v) is 13.3. The van der Waals surface area contributed by atoms with Gasteiger partial charge in [0.2, 0.25) is 0 Å². The zero-order valence-electron chi connectivity index (χ0n) is 13.3. The molecule has 0 radical (unpaired) electrons. The highest BCUT2D eigenvalue weighted by Gasteiger charge is 2.23. The number of benzene rings is 1. The minimum Gasteiger partial charge on any atom is -0.384 e. The molecule has 1 aliphatic rings. The third kappa shape index (κ3) is 3.37. The number of nitrogens with one attached hydrogen (secondary N) is 1. The van der Waals surface area contributed by atoms with Gasteiger partial charge in [0.25, 0.3) is 5.56 Å². The summed E-state index contributed by atoms with van der Waals surface area (Å²) >= 11 is 0. The number of rotatable bonds is 5. The molecular formula is C18H15FN4O2. The molecule has 0 atom stereocenters. The van der Waals surface area contributed by atoms with Crippen molar-refractivity contribution in [2.24, 2.45) is 5.92 Å². The summed E-state index contributed by atoms with van der Waals surface area (Å²) in [5.41, 5.74) is 5.74. The van der Waals surface area contributed by atoms with Crippen LogP contribution in [0.3, 0.4) is 0 Å². The number of H-pyrrole nitrogens is 1. The van der Waals surface area contributed by atoms with Crippen LogP contribution in [0.25, 0.3) is 11.1 Å². The van der Waals surface area contributed by atoms with E-state index in [1.807, 2.05) is 6.07 Å². The first-order chi connectivity index (χ1) is 12.0. The van der Waals surface area contributed by atoms with Crippen molar-refractivity contribution in [3.8, 4) is 23.3 Å². The van der Waals surface area contributed by atoms with Crippen molar-refractivity contribution in [2.45, 2.75) is 19.4 Å². The number of nitrogen functional groups attached to an aromatic ring is 1. The third-order valence-electron chi connectivity index (χ3n) is 4.11. The Morgan fingerprint density at radius 3 is 2.64 bits per heavy atom. The van der Waals surface area contributed by atoms with Crippen LogP contribution in [0.5, 0.6) is 0 Å². The van der Waals surface area contributed by atoms with Crippen molar-refractivity contribution in [1.82, 2.24) is 4.98 Å². The van der Waals surface area contributed by atoms with Crippen LogP contribution in [0.2, 0.25) is 0 Å². The van der Waals surface area contributed by atoms with Crippen LogP contribution in [-0.4, -0.2) is 11.6 Å². The number of hydrogen-bond donors (Lipinski definition) is 2. The molecule has 3 rings (SSSR count). The summed E-state index contributed by atoms with van der Waals surface area (Å²) in [5, 5.41) is 18.8. The number of aromatic amines is 1. The third-order valence-corrected chi connectivity index (χ3v) is 4.11. The van der Waals surface area contributed by atoms with E-state index in [0.29, 0.717) is 23.7 Å². The van der Waals surface area contributed by atoms with Crippen molar-refractivity contribution in [3.63, 3.8) is 0 Å². The largest absolute Gasteiger partial charge is 0.384 e. The lowest BCUT2D eigenvalue weighted by Crippen LogP contribution is -2.17. The first kappa shape index (κ1) is 16.7. The van der Waals surface area contributed by atoms with Crippen molar-refractivity contribution in [1.29, 1.82) is 10.5 Å². The zero-order chi connectivity index (χ0) is 18.0. The van der Waals surface area contributed by atoms with Gasteiger partial charge in [-0.15, -0.1) is 0 Å². The van der Waals surface area contributed by atoms with Gasteiger partial charge in [0.05, 0.1) is 6.61 Å². The van der Waals surface area contributed by atoms with E-state index in [9.17, 15) is 19.7 Å². The van der Waals surface area contributed by atoms with Gasteiger partial charge in [-0.25, -0.2) is 4.39 Å². The summed E-state index contributed by atoms with van der Waals surface area (Å²) in [6, 6.07) is 7.63. The second-order valence-corrected chi connectivity index (χ2v) is 5.98. The Bertz CT molecular complexity index is 965. The van der Waals surface area contributed by atoms with Crippen molar-refractivity contribution < 1.29 is 9.13 Å². The number of pyridine rings is 1. The lowest BCUT2D eigenvalue weighted by atomic mass is 9.93. The van der Waals surface area contributed by atoms with Crippen LogP contribution in [-0.2, 0) is 11.3 Å². The van der Waals surface area contributed by atoms with Gasteiger partial charge in [0.1, 0.15) is 34.9 Å². The SMILES string of the molecule is N#Cc1c(N)[nH]c(=O)c(C#N)c1-c1ccc(F)cc1COCC1CC1. The summed E-state index contributed by atoms with van der Waals surface area (Å²) in [6.07, 6.45) is 2.25. The normalized spacial score (nSPS) is 13.2. The van der Waals surface area contributed by atoms with Crippen molar-refractivity contribution in [2.75, 3.05) is 12.3 Å². The molecule has 1 fully saturated rings. The molecule has 0 spiro atoms. The fourth-order valence-corrected chi connectivity index (χ4v) is 2.66. The Balaban J connectivity index is 2.14. The Labute approximate surface area is 143 Å². The molecule has 1 saturated carbocycles. The predicted octanol–water partition coefficient (Wildman–Crippen LogP) is 2.43. The van der Waals surface area contributed by atoms with Gasteiger partial charge in [-0.3, -0.25) is 4.79 Å². The average molecular weight is 338 g/mol. The predicted molar refractivity (Wildman–Crippen MR) is 88.7 cm³/mol. The summed E-state index contributed by atoms with van der Waals surface area (Å²) in [6.45, 7) is 0.690.